The maximum absolute atomic E-state index is 11.5. The first-order chi connectivity index (χ1) is 18.0. The first-order valence-corrected chi connectivity index (χ1v) is 12.5. The van der Waals surface area contributed by atoms with Crippen LogP contribution < -0.4 is 0 Å². The van der Waals surface area contributed by atoms with E-state index in [1.807, 2.05) is 41.0 Å². The molecule has 0 spiro atoms. The Kier molecular flexibility index (Phi) is 5.76. The number of carboxylic acid groups (broad SMARTS) is 1. The number of furan rings is 1. The van der Waals surface area contributed by atoms with Gasteiger partial charge in [-0.05, 0) is 62.6 Å². The highest BCUT2D eigenvalue weighted by atomic mass is 79.9. The van der Waals surface area contributed by atoms with Gasteiger partial charge < -0.3 is 14.1 Å². The lowest BCUT2D eigenvalue weighted by Crippen LogP contribution is -2.07. The molecule has 0 amide bonds. The van der Waals surface area contributed by atoms with Crippen molar-refractivity contribution < 1.29 is 14.3 Å². The Balaban J connectivity index is 1.43. The number of fused-ring (bicyclic) bond motifs is 2. The number of carboxylic acids is 1. The third-order valence-electron chi connectivity index (χ3n) is 6.17. The van der Waals surface area contributed by atoms with Gasteiger partial charge in [0, 0.05) is 22.9 Å². The van der Waals surface area contributed by atoms with Gasteiger partial charge in [0.25, 0.3) is 0 Å². The number of nitrogens with zero attached hydrogens (tertiary/aromatic N) is 6. The number of aromatic carboxylic acids is 1. The van der Waals surface area contributed by atoms with Crippen molar-refractivity contribution in [3.63, 3.8) is 0 Å². The Hall–Kier alpha value is -4.38. The molecule has 6 aromatic rings. The molecule has 0 saturated carbocycles. The van der Waals surface area contributed by atoms with Crippen LogP contribution in [0, 0.1) is 0 Å². The molecule has 0 radical (unpaired) electrons. The zero-order valence-electron chi connectivity index (χ0n) is 19.6. The van der Waals surface area contributed by atoms with Crippen molar-refractivity contribution in [2.24, 2.45) is 0 Å². The van der Waals surface area contributed by atoms with Gasteiger partial charge in [-0.1, -0.05) is 37.3 Å². The third-order valence-corrected chi connectivity index (χ3v) is 6.96. The second-order valence-electron chi connectivity index (χ2n) is 8.58. The van der Waals surface area contributed by atoms with Crippen LogP contribution >= 0.6 is 15.9 Å². The fraction of sp³-hybridized carbons (Fsp3) is 0.154. The summed E-state index contributed by atoms with van der Waals surface area (Å²) in [4.78, 5) is 20.6. The predicted octanol–water partition coefficient (Wildman–Crippen LogP) is 5.49. The van der Waals surface area contributed by atoms with Crippen LogP contribution in [0.15, 0.2) is 63.5 Å². The van der Waals surface area contributed by atoms with Crippen LogP contribution in [0.5, 0.6) is 0 Å². The van der Waals surface area contributed by atoms with Gasteiger partial charge in [-0.25, -0.2) is 19.9 Å². The van der Waals surface area contributed by atoms with Gasteiger partial charge >= 0.3 is 5.97 Å². The van der Waals surface area contributed by atoms with E-state index in [4.69, 9.17) is 9.40 Å². The van der Waals surface area contributed by atoms with Gasteiger partial charge in [0.15, 0.2) is 17.2 Å². The zero-order valence-corrected chi connectivity index (χ0v) is 21.2. The van der Waals surface area contributed by atoms with Gasteiger partial charge in [-0.3, -0.25) is 0 Å². The van der Waals surface area contributed by atoms with Crippen molar-refractivity contribution in [3.8, 4) is 22.7 Å². The lowest BCUT2D eigenvalue weighted by Gasteiger charge is -2.09. The lowest BCUT2D eigenvalue weighted by molar-refractivity contribution is 0.0691. The monoisotopic (exact) mass is 557 g/mol. The molecule has 37 heavy (non-hydrogen) atoms. The van der Waals surface area contributed by atoms with Crippen molar-refractivity contribution in [2.75, 3.05) is 0 Å². The van der Waals surface area contributed by atoms with E-state index in [9.17, 15) is 9.90 Å². The molecule has 0 aliphatic rings. The Morgan fingerprint density at radius 2 is 1.95 bits per heavy atom. The van der Waals surface area contributed by atoms with Crippen molar-refractivity contribution in [1.29, 1.82) is 0 Å². The Labute approximate surface area is 218 Å². The Morgan fingerprint density at radius 1 is 1.11 bits per heavy atom. The molecular weight excluding hydrogens is 538 g/mol. The fourth-order valence-corrected chi connectivity index (χ4v) is 5.08. The van der Waals surface area contributed by atoms with E-state index in [1.165, 1.54) is 6.07 Å². The second kappa shape index (κ2) is 9.25. The highest BCUT2D eigenvalue weighted by Crippen LogP contribution is 2.41. The minimum Gasteiger partial charge on any atom is -0.477 e. The third kappa shape index (κ3) is 4.06. The number of hydrogen-bond acceptors (Lipinski definition) is 7. The molecule has 6 rings (SSSR count). The number of aryl methyl sites for hydroxylation is 1. The quantitative estimate of drug-likeness (QED) is 0.263. The highest BCUT2D eigenvalue weighted by Gasteiger charge is 2.20. The highest BCUT2D eigenvalue weighted by molar-refractivity contribution is 9.10. The number of nitrogens with one attached hydrogen (secondary N) is 1. The zero-order chi connectivity index (χ0) is 25.5. The molecular formula is C26H20BrN7O3. The van der Waals surface area contributed by atoms with E-state index in [0.29, 0.717) is 29.3 Å². The average molecular weight is 558 g/mol. The lowest BCUT2D eigenvalue weighted by atomic mass is 10.0. The van der Waals surface area contributed by atoms with Crippen LogP contribution in [0.2, 0.25) is 0 Å². The average Bonchev–Trinajstić information content (AvgIpc) is 3.63. The summed E-state index contributed by atoms with van der Waals surface area (Å²) in [5, 5.41) is 24.6. The van der Waals surface area contributed by atoms with E-state index in [2.05, 4.69) is 54.5 Å². The number of aromatic amines is 1. The number of benzene rings is 2. The molecule has 2 aromatic carbocycles. The van der Waals surface area contributed by atoms with Gasteiger partial charge in [-0.2, -0.15) is 0 Å². The number of H-pyrrole nitrogens is 1. The molecule has 0 atom stereocenters. The van der Waals surface area contributed by atoms with E-state index in [1.54, 1.807) is 6.07 Å². The van der Waals surface area contributed by atoms with Gasteiger partial charge in [0.2, 0.25) is 0 Å². The number of hydrogen-bond donors (Lipinski definition) is 2. The molecule has 4 heterocycles. The SMILES string of the molecule is CCCc1nc2ccc(C(=O)O)nc2n1Cc1ccc2oc(-c3ccccc3-c3nnn[nH]3)c(Br)c2c1. The van der Waals surface area contributed by atoms with Crippen LogP contribution in [0.3, 0.4) is 0 Å². The van der Waals surface area contributed by atoms with Crippen molar-refractivity contribution >= 4 is 44.0 Å². The van der Waals surface area contributed by atoms with E-state index in [0.717, 1.165) is 50.8 Å². The molecule has 0 saturated heterocycles. The summed E-state index contributed by atoms with van der Waals surface area (Å²) in [6, 6.07) is 16.9. The summed E-state index contributed by atoms with van der Waals surface area (Å²) in [5.41, 5.74) is 4.64. The maximum atomic E-state index is 11.5. The number of rotatable bonds is 7. The summed E-state index contributed by atoms with van der Waals surface area (Å²) in [6.07, 6.45) is 1.67. The maximum Gasteiger partial charge on any atom is 0.354 e. The molecule has 11 heteroatoms. The normalized spacial score (nSPS) is 11.5. The molecule has 184 valence electrons. The van der Waals surface area contributed by atoms with Crippen LogP contribution in [-0.2, 0) is 13.0 Å². The van der Waals surface area contributed by atoms with Crippen LogP contribution in [0.1, 0.15) is 35.2 Å². The van der Waals surface area contributed by atoms with E-state index >= 15 is 0 Å². The fourth-order valence-electron chi connectivity index (χ4n) is 4.48. The van der Waals surface area contributed by atoms with Crippen molar-refractivity contribution in [2.45, 2.75) is 26.3 Å². The smallest absolute Gasteiger partial charge is 0.354 e. The van der Waals surface area contributed by atoms with Crippen LogP contribution in [0.25, 0.3) is 44.8 Å². The predicted molar refractivity (Wildman–Crippen MR) is 140 cm³/mol. The molecule has 0 aliphatic carbocycles. The number of imidazole rings is 1. The Morgan fingerprint density at radius 3 is 2.70 bits per heavy atom. The first-order valence-electron chi connectivity index (χ1n) is 11.7. The summed E-state index contributed by atoms with van der Waals surface area (Å²) < 4.78 is 9.08. The summed E-state index contributed by atoms with van der Waals surface area (Å²) in [5.74, 6) is 1.03. The number of tetrazole rings is 1. The summed E-state index contributed by atoms with van der Waals surface area (Å²) >= 11 is 3.75. The van der Waals surface area contributed by atoms with Crippen molar-refractivity contribution in [3.05, 3.63) is 76.2 Å². The molecule has 0 fully saturated rings. The minimum absolute atomic E-state index is 0.00464. The number of halogens is 1. The van der Waals surface area contributed by atoms with Crippen LogP contribution in [0.4, 0.5) is 0 Å². The number of carbonyl (C=O) groups is 1. The summed E-state index contributed by atoms with van der Waals surface area (Å²) in [6.45, 7) is 2.58. The number of aromatic nitrogens is 7. The Bertz CT molecular complexity index is 1770. The minimum atomic E-state index is -1.07. The van der Waals surface area contributed by atoms with Crippen LogP contribution in [-0.4, -0.2) is 46.2 Å². The van der Waals surface area contributed by atoms with Gasteiger partial charge in [0.1, 0.15) is 22.7 Å². The van der Waals surface area contributed by atoms with E-state index in [-0.39, 0.29) is 5.69 Å². The molecule has 4 aromatic heterocycles. The first kappa shape index (κ1) is 23.0. The second-order valence-corrected chi connectivity index (χ2v) is 9.37. The molecule has 0 bridgehead atoms. The van der Waals surface area contributed by atoms with Gasteiger partial charge in [-0.15, -0.1) is 5.10 Å². The molecule has 2 N–H and O–H groups in total. The molecule has 10 nitrogen and oxygen atoms in total. The van der Waals surface area contributed by atoms with Gasteiger partial charge in [0.05, 0.1) is 11.0 Å². The topological polar surface area (TPSA) is 136 Å². The standard InChI is InChI=1S/C26H20BrN7O3/c1-2-5-21-28-18-9-10-19(26(35)36)29-25(18)34(21)13-14-8-11-20-17(12-14)22(27)23(37-20)15-6-3-4-7-16(15)24-30-32-33-31-24/h3-4,6-12H,2,5,13H2,1H3,(H,35,36)(H,30,31,32,33). The van der Waals surface area contributed by atoms with E-state index < -0.39 is 5.97 Å². The molecule has 0 unspecified atom stereocenters. The summed E-state index contributed by atoms with van der Waals surface area (Å²) in [7, 11) is 0. The molecule has 0 aliphatic heterocycles. The number of pyridine rings is 1. The van der Waals surface area contributed by atoms with Crippen molar-refractivity contribution in [1.82, 2.24) is 35.2 Å². The largest absolute Gasteiger partial charge is 0.477 e.